The van der Waals surface area contributed by atoms with E-state index in [1.54, 1.807) is 12.1 Å². The van der Waals surface area contributed by atoms with Gasteiger partial charge in [-0.05, 0) is 17.7 Å². The summed E-state index contributed by atoms with van der Waals surface area (Å²) >= 11 is 1.38. The van der Waals surface area contributed by atoms with Crippen LogP contribution in [-0.2, 0) is 21.2 Å². The molecule has 6 nitrogen and oxygen atoms in total. The van der Waals surface area contributed by atoms with E-state index < -0.39 is 9.84 Å². The molecule has 0 unspecified atom stereocenters. The molecule has 0 saturated carbocycles. The van der Waals surface area contributed by atoms with Gasteiger partial charge in [-0.15, -0.1) is 0 Å². The van der Waals surface area contributed by atoms with E-state index in [2.05, 4.69) is 4.99 Å². The number of para-hydroxylation sites is 1. The first-order valence-corrected chi connectivity index (χ1v) is 11.7. The normalized spacial score (nSPS) is 24.3. The fourth-order valence-electron chi connectivity index (χ4n) is 3.40. The van der Waals surface area contributed by atoms with Crippen LogP contribution in [0.5, 0.6) is 5.75 Å². The number of carbonyl (C=O) groups is 1. The second kappa shape index (κ2) is 7.97. The largest absolute Gasteiger partial charge is 0.484 e. The Morgan fingerprint density at radius 3 is 2.46 bits per heavy atom. The minimum atomic E-state index is -3.06. The van der Waals surface area contributed by atoms with Gasteiger partial charge in [-0.25, -0.2) is 8.42 Å². The standard InChI is InChI=1S/C20H20N2O4S2/c23-19(12-26-16-9-5-2-6-10-16)21-20-22(11-15-7-3-1-4-8-15)17-13-28(24,25)14-18(17)27-20/h1-10,17-18H,11-14H2/t17-,18-/m1/s1. The van der Waals surface area contributed by atoms with Crippen LogP contribution in [0.2, 0.25) is 0 Å². The molecule has 28 heavy (non-hydrogen) atoms. The van der Waals surface area contributed by atoms with Crippen molar-refractivity contribution in [2.45, 2.75) is 17.8 Å². The van der Waals surface area contributed by atoms with Crippen LogP contribution in [0.3, 0.4) is 0 Å². The van der Waals surface area contributed by atoms with Gasteiger partial charge in [0.1, 0.15) is 5.75 Å². The van der Waals surface area contributed by atoms with Crippen molar-refractivity contribution >= 4 is 32.7 Å². The fraction of sp³-hybridized carbons (Fsp3) is 0.300. The molecule has 146 valence electrons. The Morgan fingerprint density at radius 2 is 1.75 bits per heavy atom. The van der Waals surface area contributed by atoms with Crippen molar-refractivity contribution < 1.29 is 17.9 Å². The summed E-state index contributed by atoms with van der Waals surface area (Å²) in [6.45, 7) is 0.372. The number of carbonyl (C=O) groups excluding carboxylic acids is 1. The third-order valence-corrected chi connectivity index (χ3v) is 7.94. The quantitative estimate of drug-likeness (QED) is 0.745. The fourth-order valence-corrected chi connectivity index (χ4v) is 7.37. The zero-order valence-corrected chi connectivity index (χ0v) is 16.7. The number of rotatable bonds is 5. The molecule has 2 heterocycles. The van der Waals surface area contributed by atoms with Crippen molar-refractivity contribution in [2.24, 2.45) is 4.99 Å². The van der Waals surface area contributed by atoms with Crippen molar-refractivity contribution in [1.29, 1.82) is 0 Å². The highest BCUT2D eigenvalue weighted by Gasteiger charge is 2.48. The Morgan fingerprint density at radius 1 is 1.07 bits per heavy atom. The number of thioether (sulfide) groups is 1. The van der Waals surface area contributed by atoms with Crippen LogP contribution in [0.4, 0.5) is 0 Å². The van der Waals surface area contributed by atoms with E-state index in [4.69, 9.17) is 4.74 Å². The molecule has 4 rings (SSSR count). The monoisotopic (exact) mass is 416 g/mol. The van der Waals surface area contributed by atoms with Crippen LogP contribution in [0.25, 0.3) is 0 Å². The second-order valence-electron chi connectivity index (χ2n) is 6.80. The first-order chi connectivity index (χ1) is 13.5. The maximum atomic E-state index is 12.3. The lowest BCUT2D eigenvalue weighted by Gasteiger charge is -2.24. The molecule has 0 N–H and O–H groups in total. The lowest BCUT2D eigenvalue weighted by Crippen LogP contribution is -2.37. The summed E-state index contributed by atoms with van der Waals surface area (Å²) in [5, 5.41) is 0.491. The summed E-state index contributed by atoms with van der Waals surface area (Å²) in [6.07, 6.45) is 0. The van der Waals surface area contributed by atoms with E-state index in [1.807, 2.05) is 53.4 Å². The smallest absolute Gasteiger partial charge is 0.285 e. The average molecular weight is 417 g/mol. The van der Waals surface area contributed by atoms with Gasteiger partial charge in [-0.3, -0.25) is 4.79 Å². The third kappa shape index (κ3) is 4.39. The van der Waals surface area contributed by atoms with Crippen molar-refractivity contribution in [3.8, 4) is 5.75 Å². The number of amidine groups is 1. The lowest BCUT2D eigenvalue weighted by molar-refractivity contribution is -0.119. The molecule has 2 aromatic rings. The molecule has 2 aromatic carbocycles. The molecule has 2 aliphatic heterocycles. The van der Waals surface area contributed by atoms with Crippen LogP contribution < -0.4 is 4.74 Å². The summed E-state index contributed by atoms with van der Waals surface area (Å²) in [4.78, 5) is 18.5. The number of hydrogen-bond acceptors (Lipinski definition) is 5. The van der Waals surface area contributed by atoms with Crippen LogP contribution >= 0.6 is 11.8 Å². The topological polar surface area (TPSA) is 76.0 Å². The number of aliphatic imine (C=N–C) groups is 1. The van der Waals surface area contributed by atoms with Crippen LogP contribution in [0.1, 0.15) is 5.56 Å². The van der Waals surface area contributed by atoms with E-state index in [0.29, 0.717) is 17.5 Å². The van der Waals surface area contributed by atoms with Gasteiger partial charge >= 0.3 is 0 Å². The highest BCUT2D eigenvalue weighted by Crippen LogP contribution is 2.39. The number of nitrogens with zero attached hydrogens (tertiary/aromatic N) is 2. The van der Waals surface area contributed by atoms with Gasteiger partial charge in [0.15, 0.2) is 21.6 Å². The third-order valence-electron chi connectivity index (χ3n) is 4.70. The van der Waals surface area contributed by atoms with E-state index in [0.717, 1.165) is 5.56 Å². The van der Waals surface area contributed by atoms with Gasteiger partial charge in [0.2, 0.25) is 0 Å². The Hall–Kier alpha value is -2.32. The van der Waals surface area contributed by atoms with Gasteiger partial charge < -0.3 is 9.64 Å². The summed E-state index contributed by atoms with van der Waals surface area (Å²) in [7, 11) is -3.06. The van der Waals surface area contributed by atoms with Crippen molar-refractivity contribution in [3.63, 3.8) is 0 Å². The van der Waals surface area contributed by atoms with Crippen LogP contribution in [0.15, 0.2) is 65.7 Å². The van der Waals surface area contributed by atoms with Crippen molar-refractivity contribution in [1.82, 2.24) is 4.90 Å². The predicted molar refractivity (Wildman–Crippen MR) is 110 cm³/mol. The lowest BCUT2D eigenvalue weighted by atomic mass is 10.1. The maximum Gasteiger partial charge on any atom is 0.285 e. The minimum absolute atomic E-state index is 0.0877. The number of hydrogen-bond donors (Lipinski definition) is 0. The van der Waals surface area contributed by atoms with Gasteiger partial charge in [-0.1, -0.05) is 60.3 Å². The van der Waals surface area contributed by atoms with E-state index in [-0.39, 0.29) is 35.3 Å². The number of fused-ring (bicyclic) bond motifs is 1. The molecule has 0 radical (unpaired) electrons. The first kappa shape index (κ1) is 19.0. The van der Waals surface area contributed by atoms with E-state index in [9.17, 15) is 13.2 Å². The highest BCUT2D eigenvalue weighted by atomic mass is 32.2. The van der Waals surface area contributed by atoms with Crippen molar-refractivity contribution in [2.75, 3.05) is 18.1 Å². The van der Waals surface area contributed by atoms with Crippen molar-refractivity contribution in [3.05, 3.63) is 66.2 Å². The number of ether oxygens (including phenoxy) is 1. The molecule has 2 fully saturated rings. The Labute approximate surface area is 168 Å². The SMILES string of the molecule is O=C(COc1ccccc1)N=C1S[C@@H]2CS(=O)(=O)C[C@H]2N1Cc1ccccc1. The highest BCUT2D eigenvalue weighted by molar-refractivity contribution is 8.15. The second-order valence-corrected chi connectivity index (χ2v) is 10.2. The number of amides is 1. The van der Waals surface area contributed by atoms with Gasteiger partial charge in [0.25, 0.3) is 5.91 Å². The number of sulfone groups is 1. The molecule has 1 amide bonds. The molecule has 2 aliphatic rings. The van der Waals surface area contributed by atoms with Gasteiger partial charge in [0, 0.05) is 11.8 Å². The Bertz CT molecular complexity index is 978. The summed E-state index contributed by atoms with van der Waals surface area (Å²) in [5.41, 5.74) is 1.05. The molecule has 0 aliphatic carbocycles. The molecule has 2 atom stereocenters. The summed E-state index contributed by atoms with van der Waals surface area (Å²) in [6, 6.07) is 18.7. The zero-order valence-electron chi connectivity index (χ0n) is 15.1. The summed E-state index contributed by atoms with van der Waals surface area (Å²) in [5.74, 6) is 0.457. The van der Waals surface area contributed by atoms with E-state index >= 15 is 0 Å². The average Bonchev–Trinajstić information content (AvgIpc) is 3.14. The molecule has 8 heteroatoms. The zero-order chi connectivity index (χ0) is 19.6. The maximum absolute atomic E-state index is 12.3. The molecule has 0 bridgehead atoms. The molecule has 2 saturated heterocycles. The van der Waals surface area contributed by atoms with Crippen LogP contribution in [-0.4, -0.2) is 53.8 Å². The molecule has 0 aromatic heterocycles. The Balaban J connectivity index is 1.50. The molecular formula is C20H20N2O4S2. The minimum Gasteiger partial charge on any atom is -0.484 e. The van der Waals surface area contributed by atoms with E-state index in [1.165, 1.54) is 11.8 Å². The van der Waals surface area contributed by atoms with Gasteiger partial charge in [0.05, 0.1) is 17.5 Å². The molecular weight excluding hydrogens is 396 g/mol. The van der Waals surface area contributed by atoms with Gasteiger partial charge in [-0.2, -0.15) is 4.99 Å². The Kier molecular flexibility index (Phi) is 5.41. The molecule has 0 spiro atoms. The predicted octanol–water partition coefficient (Wildman–Crippen LogP) is 2.36. The number of benzene rings is 2. The summed E-state index contributed by atoms with van der Waals surface area (Å²) < 4.78 is 29.6. The van der Waals surface area contributed by atoms with Crippen LogP contribution in [0, 0.1) is 0 Å². The first-order valence-electron chi connectivity index (χ1n) is 8.97.